The first-order valence-electron chi connectivity index (χ1n) is 7.40. The van der Waals surface area contributed by atoms with Crippen LogP contribution in [0.4, 0.5) is 5.82 Å². The molecule has 2 aliphatic rings. The fourth-order valence-corrected chi connectivity index (χ4v) is 3.12. The molecule has 3 heterocycles. The molecule has 0 aliphatic carbocycles. The monoisotopic (exact) mass is 406 g/mol. The predicted molar refractivity (Wildman–Crippen MR) is 81.6 cm³/mol. The molecule has 0 saturated carbocycles. The number of fused-ring (bicyclic) bond motifs is 1. The molecule has 1 amide bonds. The van der Waals surface area contributed by atoms with E-state index < -0.39 is 48.6 Å². The molecule has 1 unspecified atom stereocenters. The maximum Gasteiger partial charge on any atom is 0.276 e. The van der Waals surface area contributed by atoms with Crippen molar-refractivity contribution in [2.24, 2.45) is 5.73 Å². The first-order chi connectivity index (χ1) is 11.6. The molecule has 7 N–H and O–H groups in total. The lowest BCUT2D eigenvalue weighted by Gasteiger charge is -2.34. The van der Waals surface area contributed by atoms with Crippen molar-refractivity contribution in [3.8, 4) is 0 Å². The molecule has 0 radical (unpaired) electrons. The van der Waals surface area contributed by atoms with E-state index in [0.717, 1.165) is 11.5 Å². The SMILES string of the molecule is [2H]N1c2c(nc(Br)n2[C@@H]2O[C@H](CO)[C@@H](O)[C@H]2O)C(=O)NC1(N)C(C)=O. The Labute approximate surface area is 145 Å². The summed E-state index contributed by atoms with van der Waals surface area (Å²) in [6, 6.07) is 0. The lowest BCUT2D eigenvalue weighted by Crippen LogP contribution is -2.68. The highest BCUT2D eigenvalue weighted by Crippen LogP contribution is 2.37. The number of aliphatic hydroxyl groups excluding tert-OH is 3. The summed E-state index contributed by atoms with van der Waals surface area (Å²) in [5.41, 5.74) is 5.63. The van der Waals surface area contributed by atoms with E-state index in [4.69, 9.17) is 11.9 Å². The number of carbonyl (C=O) groups excluding carboxylic acids is 2. The van der Waals surface area contributed by atoms with Gasteiger partial charge in [0, 0.05) is 6.92 Å². The van der Waals surface area contributed by atoms with Crippen LogP contribution in [0.15, 0.2) is 4.73 Å². The van der Waals surface area contributed by atoms with Gasteiger partial charge in [-0.15, -0.1) is 0 Å². The van der Waals surface area contributed by atoms with Crippen molar-refractivity contribution >= 4 is 33.4 Å². The minimum Gasteiger partial charge on any atom is -0.394 e. The molecule has 0 bridgehead atoms. The van der Waals surface area contributed by atoms with E-state index in [0.29, 0.717) is 5.31 Å². The van der Waals surface area contributed by atoms with E-state index in [1.165, 1.54) is 0 Å². The van der Waals surface area contributed by atoms with Gasteiger partial charge in [0.25, 0.3) is 5.91 Å². The topological polar surface area (TPSA) is 172 Å². The number of hydrogen-bond donors (Lipinski definition) is 6. The summed E-state index contributed by atoms with van der Waals surface area (Å²) in [6.07, 6.45) is -5.22. The van der Waals surface area contributed by atoms with Crippen LogP contribution in [0.5, 0.6) is 0 Å². The number of Topliss-reactive ketones (excluding diaryl/α,β-unsaturated/α-hetero) is 1. The molecule has 1 aromatic rings. The molecule has 12 heteroatoms. The number of rotatable bonds is 3. The fourth-order valence-electron chi connectivity index (χ4n) is 2.57. The number of hydrogen-bond acceptors (Lipinski definition) is 9. The molecule has 1 fully saturated rings. The number of amides is 1. The summed E-state index contributed by atoms with van der Waals surface area (Å²) in [5, 5.41) is 32.1. The Morgan fingerprint density at radius 3 is 2.79 bits per heavy atom. The summed E-state index contributed by atoms with van der Waals surface area (Å²) in [7, 11) is 0. The van der Waals surface area contributed by atoms with Gasteiger partial charge in [0.15, 0.2) is 23.9 Å². The Morgan fingerprint density at radius 2 is 2.25 bits per heavy atom. The summed E-state index contributed by atoms with van der Waals surface area (Å²) >= 11 is 3.11. The Bertz CT molecular complexity index is 746. The number of carbonyl (C=O) groups is 2. The molecule has 3 rings (SSSR count). The van der Waals surface area contributed by atoms with Gasteiger partial charge in [0.05, 0.1) is 6.61 Å². The van der Waals surface area contributed by atoms with Gasteiger partial charge in [0.1, 0.15) is 24.1 Å². The number of anilines is 1. The van der Waals surface area contributed by atoms with Gasteiger partial charge in [-0.2, -0.15) is 0 Å². The van der Waals surface area contributed by atoms with Crippen LogP contribution in [-0.4, -0.2) is 67.3 Å². The van der Waals surface area contributed by atoms with Crippen molar-refractivity contribution in [3.63, 3.8) is 0 Å². The van der Waals surface area contributed by atoms with E-state index >= 15 is 0 Å². The third-order valence-electron chi connectivity index (χ3n) is 3.95. The Hall–Kier alpha value is -1.57. The van der Waals surface area contributed by atoms with Crippen LogP contribution in [0.25, 0.3) is 0 Å². The molecule has 0 spiro atoms. The Morgan fingerprint density at radius 1 is 1.58 bits per heavy atom. The summed E-state index contributed by atoms with van der Waals surface area (Å²) in [6.45, 7) is 0.553. The van der Waals surface area contributed by atoms with Crippen LogP contribution < -0.4 is 16.4 Å². The first kappa shape index (κ1) is 15.9. The van der Waals surface area contributed by atoms with Crippen molar-refractivity contribution in [2.75, 3.05) is 11.9 Å². The largest absolute Gasteiger partial charge is 0.394 e. The van der Waals surface area contributed by atoms with Crippen LogP contribution in [0.2, 0.25) is 1.41 Å². The van der Waals surface area contributed by atoms with Gasteiger partial charge in [-0.3, -0.25) is 19.9 Å². The van der Waals surface area contributed by atoms with Crippen LogP contribution >= 0.6 is 15.9 Å². The third-order valence-corrected chi connectivity index (χ3v) is 4.51. The highest BCUT2D eigenvalue weighted by atomic mass is 79.9. The van der Waals surface area contributed by atoms with Crippen molar-refractivity contribution in [2.45, 2.75) is 37.3 Å². The number of nitrogens with one attached hydrogen (secondary N) is 2. The second-order valence-electron chi connectivity index (χ2n) is 5.54. The molecule has 2 aliphatic heterocycles. The van der Waals surface area contributed by atoms with Crippen LogP contribution in [0.3, 0.4) is 0 Å². The fraction of sp³-hybridized carbons (Fsp3) is 0.583. The number of nitrogens with two attached hydrogens (primary N) is 1. The molecule has 1 saturated heterocycles. The normalized spacial score (nSPS) is 36.3. The minimum atomic E-state index is -2.14. The number of ether oxygens (including phenoxy) is 1. The Balaban J connectivity index is 2.13. The predicted octanol–water partition coefficient (Wildman–Crippen LogP) is -2.39. The Kier molecular flexibility index (Phi) is 3.82. The molecule has 0 aromatic carbocycles. The highest BCUT2D eigenvalue weighted by molar-refractivity contribution is 9.10. The molecule has 24 heavy (non-hydrogen) atoms. The first-order valence-corrected chi connectivity index (χ1v) is 7.74. The summed E-state index contributed by atoms with van der Waals surface area (Å²) in [4.78, 5) is 28.1. The average Bonchev–Trinajstić information content (AvgIpc) is 3.03. The van der Waals surface area contributed by atoms with Gasteiger partial charge in [0.2, 0.25) is 5.79 Å². The average molecular weight is 407 g/mol. The molecule has 132 valence electrons. The molecule has 1 aromatic heterocycles. The smallest absolute Gasteiger partial charge is 0.276 e. The second-order valence-corrected chi connectivity index (χ2v) is 6.25. The minimum absolute atomic E-state index is 0.00698. The van der Waals surface area contributed by atoms with E-state index in [-0.39, 0.29) is 16.2 Å². The lowest BCUT2D eigenvalue weighted by molar-refractivity contribution is -0.122. The third kappa shape index (κ3) is 2.42. The van der Waals surface area contributed by atoms with Gasteiger partial charge < -0.3 is 30.7 Å². The number of aliphatic hydroxyl groups is 3. The van der Waals surface area contributed by atoms with Crippen molar-refractivity contribution in [3.05, 3.63) is 10.4 Å². The van der Waals surface area contributed by atoms with Gasteiger partial charge in [-0.05, 0) is 15.9 Å². The van der Waals surface area contributed by atoms with Crippen LogP contribution in [0.1, 0.15) is 23.6 Å². The zero-order valence-electron chi connectivity index (χ0n) is 13.4. The number of nitrogens with zero attached hydrogens (tertiary/aromatic N) is 2. The van der Waals surface area contributed by atoms with Gasteiger partial charge >= 0.3 is 0 Å². The number of halogens is 1. The van der Waals surface area contributed by atoms with Crippen LogP contribution in [0, 0.1) is 0 Å². The van der Waals surface area contributed by atoms with E-state index in [9.17, 15) is 24.9 Å². The van der Waals surface area contributed by atoms with E-state index in [1.54, 1.807) is 0 Å². The van der Waals surface area contributed by atoms with E-state index in [2.05, 4.69) is 26.2 Å². The zero-order valence-corrected chi connectivity index (χ0v) is 14.0. The molecule has 11 nitrogen and oxygen atoms in total. The maximum absolute atomic E-state index is 12.3. The zero-order chi connectivity index (χ0) is 18.7. The number of imidazole rings is 1. The quantitative estimate of drug-likeness (QED) is 0.320. The van der Waals surface area contributed by atoms with Crippen LogP contribution in [-0.2, 0) is 9.53 Å². The molecular formula is C12H16BrN5O6. The maximum atomic E-state index is 12.3. The summed E-state index contributed by atoms with van der Waals surface area (Å²) in [5.74, 6) is -3.84. The number of ketones is 1. The second kappa shape index (κ2) is 5.75. The van der Waals surface area contributed by atoms with Gasteiger partial charge in [-0.25, -0.2) is 4.98 Å². The standard InChI is InChI=1S/C12H16BrN5O6/c1-3(20)12(14)16-8-5(9(23)17-12)15-11(13)18(8)10-7(22)6(21)4(2-19)24-10/h4,6-7,10,16,19,21-22H,2,14H2,1H3,(H,17,23)/t4-,6-,7-,10-,12?/m1/s1/i/hD. The van der Waals surface area contributed by atoms with Crippen molar-refractivity contribution in [1.82, 2.24) is 14.9 Å². The van der Waals surface area contributed by atoms with Crippen molar-refractivity contribution in [1.29, 1.82) is 0 Å². The van der Waals surface area contributed by atoms with Crippen molar-refractivity contribution < 1.29 is 31.1 Å². The highest BCUT2D eigenvalue weighted by Gasteiger charge is 2.48. The summed E-state index contributed by atoms with van der Waals surface area (Å²) < 4.78 is 14.7. The molecular weight excluding hydrogens is 390 g/mol. The van der Waals surface area contributed by atoms with E-state index in [1.807, 2.05) is 0 Å². The lowest BCUT2D eigenvalue weighted by atomic mass is 10.1. The number of aromatic nitrogens is 2. The van der Waals surface area contributed by atoms with Gasteiger partial charge in [-0.1, -0.05) is 0 Å². The molecule has 5 atom stereocenters.